The van der Waals surface area contributed by atoms with Crippen LogP contribution in [-0.2, 0) is 10.3 Å². The lowest BCUT2D eigenvalue weighted by Crippen LogP contribution is -2.55. The van der Waals surface area contributed by atoms with Crippen molar-refractivity contribution in [3.05, 3.63) is 18.0 Å². The number of carboxylic acid groups (broad SMARTS) is 1. The highest BCUT2D eigenvalue weighted by Gasteiger charge is 2.45. The van der Waals surface area contributed by atoms with Crippen LogP contribution >= 0.6 is 0 Å². The number of carbonyl (C=O) groups is 2. The Morgan fingerprint density at radius 3 is 2.35 bits per heavy atom. The fraction of sp³-hybridized carbons (Fsp3) is 0.688. The maximum atomic E-state index is 12.3. The summed E-state index contributed by atoms with van der Waals surface area (Å²) in [6.45, 7) is 8.77. The second-order valence-electron chi connectivity index (χ2n) is 6.77. The van der Waals surface area contributed by atoms with E-state index in [1.807, 2.05) is 13.8 Å². The molecule has 128 valence electrons. The smallest absolute Gasteiger partial charge is 0.331 e. The van der Waals surface area contributed by atoms with Crippen LogP contribution in [0.15, 0.2) is 12.4 Å². The minimum Gasteiger partial charge on any atom is -0.479 e. The number of carboxylic acids is 1. The highest BCUT2D eigenvalue weighted by molar-refractivity contribution is 5.78. The Hall–Kier alpha value is -2.05. The number of hydrogen-bond acceptors (Lipinski definition) is 3. The number of aryl methyl sites for hydroxylation is 1. The molecule has 2 N–H and O–H groups in total. The molecule has 2 amide bonds. The second kappa shape index (κ2) is 6.60. The molecule has 0 spiro atoms. The van der Waals surface area contributed by atoms with Gasteiger partial charge in [-0.25, -0.2) is 9.59 Å². The number of aromatic nitrogens is 2. The van der Waals surface area contributed by atoms with Crippen LogP contribution in [0.4, 0.5) is 4.79 Å². The molecular weight excluding hydrogens is 296 g/mol. The molecule has 2 heterocycles. The van der Waals surface area contributed by atoms with Crippen molar-refractivity contribution in [3.63, 3.8) is 0 Å². The summed E-state index contributed by atoms with van der Waals surface area (Å²) in [5.74, 6) is -0.537. The van der Waals surface area contributed by atoms with Crippen LogP contribution in [0.1, 0.15) is 39.2 Å². The minimum absolute atomic E-state index is 0.0856. The van der Waals surface area contributed by atoms with Crippen LogP contribution in [0.3, 0.4) is 0 Å². The van der Waals surface area contributed by atoms with Crippen molar-refractivity contribution in [1.82, 2.24) is 20.0 Å². The highest BCUT2D eigenvalue weighted by Crippen LogP contribution is 2.30. The lowest BCUT2D eigenvalue weighted by Gasteiger charge is -2.39. The predicted molar refractivity (Wildman–Crippen MR) is 86.2 cm³/mol. The van der Waals surface area contributed by atoms with Crippen molar-refractivity contribution < 1.29 is 14.7 Å². The topological polar surface area (TPSA) is 87.5 Å². The van der Waals surface area contributed by atoms with Crippen molar-refractivity contribution in [1.29, 1.82) is 0 Å². The molecular formula is C16H26N4O3. The third kappa shape index (κ3) is 3.48. The van der Waals surface area contributed by atoms with E-state index in [-0.39, 0.29) is 12.1 Å². The summed E-state index contributed by atoms with van der Waals surface area (Å²) in [7, 11) is 0. The summed E-state index contributed by atoms with van der Waals surface area (Å²) in [5, 5.41) is 16.9. The summed E-state index contributed by atoms with van der Waals surface area (Å²) >= 11 is 0. The van der Waals surface area contributed by atoms with E-state index in [1.165, 1.54) is 4.68 Å². The number of aliphatic carboxylic acids is 1. The number of likely N-dealkylation sites (tertiary alicyclic amines) is 1. The molecule has 1 aliphatic heterocycles. The molecule has 2 rings (SSSR count). The molecule has 1 aromatic heterocycles. The highest BCUT2D eigenvalue weighted by atomic mass is 16.4. The van der Waals surface area contributed by atoms with Gasteiger partial charge in [0.15, 0.2) is 5.54 Å². The van der Waals surface area contributed by atoms with E-state index in [4.69, 9.17) is 0 Å². The Morgan fingerprint density at radius 2 is 1.91 bits per heavy atom. The summed E-state index contributed by atoms with van der Waals surface area (Å²) in [5.41, 5.74) is -0.133. The van der Waals surface area contributed by atoms with E-state index in [9.17, 15) is 14.7 Å². The first-order valence-corrected chi connectivity index (χ1v) is 8.07. The average molecular weight is 322 g/mol. The molecule has 7 heteroatoms. The minimum atomic E-state index is -1.06. The first-order valence-electron chi connectivity index (χ1n) is 8.07. The predicted octanol–water partition coefficient (Wildman–Crippen LogP) is 1.82. The lowest BCUT2D eigenvalue weighted by molar-refractivity contribution is -0.150. The van der Waals surface area contributed by atoms with Crippen LogP contribution in [0.5, 0.6) is 0 Å². The van der Waals surface area contributed by atoms with Crippen molar-refractivity contribution >= 4 is 12.0 Å². The number of carbonyl (C=O) groups excluding carboxylic acids is 1. The zero-order valence-electron chi connectivity index (χ0n) is 14.2. The summed E-state index contributed by atoms with van der Waals surface area (Å²) in [4.78, 5) is 25.8. The van der Waals surface area contributed by atoms with Gasteiger partial charge in [-0.15, -0.1) is 0 Å². The molecule has 23 heavy (non-hydrogen) atoms. The van der Waals surface area contributed by atoms with Crippen molar-refractivity contribution in [2.75, 3.05) is 13.1 Å². The maximum Gasteiger partial charge on any atom is 0.331 e. The Kier molecular flexibility index (Phi) is 4.97. The van der Waals surface area contributed by atoms with Crippen LogP contribution in [0.25, 0.3) is 0 Å². The van der Waals surface area contributed by atoms with Gasteiger partial charge >= 0.3 is 12.0 Å². The molecule has 1 saturated heterocycles. The Labute approximate surface area is 136 Å². The van der Waals surface area contributed by atoms with E-state index < -0.39 is 11.5 Å². The quantitative estimate of drug-likeness (QED) is 0.885. The van der Waals surface area contributed by atoms with Gasteiger partial charge in [-0.05, 0) is 25.3 Å². The summed E-state index contributed by atoms with van der Waals surface area (Å²) < 4.78 is 1.54. The zero-order chi connectivity index (χ0) is 17.2. The number of rotatable bonds is 4. The van der Waals surface area contributed by atoms with Crippen molar-refractivity contribution in [2.24, 2.45) is 5.92 Å². The van der Waals surface area contributed by atoms with E-state index >= 15 is 0 Å². The van der Waals surface area contributed by atoms with E-state index in [0.29, 0.717) is 31.8 Å². The lowest BCUT2D eigenvalue weighted by atomic mass is 9.87. The number of nitrogens with one attached hydrogen (secondary N) is 1. The van der Waals surface area contributed by atoms with Crippen LogP contribution < -0.4 is 5.32 Å². The molecule has 1 aliphatic rings. The van der Waals surface area contributed by atoms with Gasteiger partial charge in [0.05, 0.1) is 6.20 Å². The second-order valence-corrected chi connectivity index (χ2v) is 6.77. The molecule has 0 bridgehead atoms. The molecule has 1 fully saturated rings. The maximum absolute atomic E-state index is 12.3. The molecule has 0 unspecified atom stereocenters. The molecule has 0 saturated carbocycles. The van der Waals surface area contributed by atoms with Gasteiger partial charge in [0.2, 0.25) is 0 Å². The van der Waals surface area contributed by atoms with E-state index in [2.05, 4.69) is 24.3 Å². The van der Waals surface area contributed by atoms with Crippen LogP contribution in [-0.4, -0.2) is 50.9 Å². The Bertz CT molecular complexity index is 574. The molecule has 0 aliphatic carbocycles. The Morgan fingerprint density at radius 1 is 1.30 bits per heavy atom. The fourth-order valence-electron chi connectivity index (χ4n) is 2.72. The van der Waals surface area contributed by atoms with Gasteiger partial charge in [-0.3, -0.25) is 4.68 Å². The fourth-order valence-corrected chi connectivity index (χ4v) is 2.72. The first kappa shape index (κ1) is 17.3. The van der Waals surface area contributed by atoms with E-state index in [0.717, 1.165) is 5.56 Å². The van der Waals surface area contributed by atoms with Gasteiger partial charge in [-0.2, -0.15) is 5.10 Å². The van der Waals surface area contributed by atoms with Gasteiger partial charge in [0.25, 0.3) is 0 Å². The van der Waals surface area contributed by atoms with Gasteiger partial charge in [0, 0.05) is 38.2 Å². The van der Waals surface area contributed by atoms with Gasteiger partial charge < -0.3 is 15.3 Å². The largest absolute Gasteiger partial charge is 0.479 e. The summed E-state index contributed by atoms with van der Waals surface area (Å²) in [6.07, 6.45) is 4.12. The van der Waals surface area contributed by atoms with Crippen LogP contribution in [0, 0.1) is 12.8 Å². The number of hydrogen-bond donors (Lipinski definition) is 2. The number of urea groups is 1. The van der Waals surface area contributed by atoms with E-state index in [1.54, 1.807) is 17.3 Å². The third-order valence-corrected chi connectivity index (χ3v) is 4.78. The third-order valence-electron chi connectivity index (χ3n) is 4.78. The average Bonchev–Trinajstić information content (AvgIpc) is 2.93. The molecule has 0 aromatic carbocycles. The van der Waals surface area contributed by atoms with Crippen molar-refractivity contribution in [3.8, 4) is 0 Å². The standard InChI is InChI=1S/C16H26N4O3/c1-11(2)13(4)18-15(23)19-7-5-16(6-8-19,14(21)22)20-10-12(3)9-17-20/h9-11,13H,5-8H2,1-4H3,(H,18,23)(H,21,22)/t13-/m1/s1. The Balaban J connectivity index is 2.06. The van der Waals surface area contributed by atoms with Gasteiger partial charge in [-0.1, -0.05) is 13.8 Å². The number of amides is 2. The van der Waals surface area contributed by atoms with Crippen LogP contribution in [0.2, 0.25) is 0 Å². The number of piperidine rings is 1. The monoisotopic (exact) mass is 322 g/mol. The first-order chi connectivity index (χ1) is 10.8. The van der Waals surface area contributed by atoms with Gasteiger partial charge in [0.1, 0.15) is 0 Å². The SMILES string of the molecule is Cc1cnn(C2(C(=O)O)CCN(C(=O)N[C@H](C)C(C)C)CC2)c1. The summed E-state index contributed by atoms with van der Waals surface area (Å²) in [6, 6.07) is -0.0377. The molecule has 1 aromatic rings. The molecule has 1 atom stereocenters. The molecule has 7 nitrogen and oxygen atoms in total. The molecule has 0 radical (unpaired) electrons. The zero-order valence-corrected chi connectivity index (χ0v) is 14.2. The van der Waals surface area contributed by atoms with Crippen molar-refractivity contribution in [2.45, 2.75) is 52.1 Å². The number of nitrogens with zero attached hydrogens (tertiary/aromatic N) is 3. The normalized spacial score (nSPS) is 18.7.